The molecule has 0 saturated carbocycles. The molecule has 1 amide bonds. The van der Waals surface area contributed by atoms with Gasteiger partial charge in [0, 0.05) is 17.8 Å². The van der Waals surface area contributed by atoms with Gasteiger partial charge in [-0.2, -0.15) is 0 Å². The summed E-state index contributed by atoms with van der Waals surface area (Å²) in [7, 11) is 0. The van der Waals surface area contributed by atoms with Crippen LogP contribution in [0.4, 0.5) is 5.82 Å². The van der Waals surface area contributed by atoms with Gasteiger partial charge in [-0.15, -0.1) is 0 Å². The second-order valence-corrected chi connectivity index (χ2v) is 4.61. The molecule has 0 aliphatic rings. The number of carbonyl (C=O) groups is 2. The number of primary amides is 1. The highest BCUT2D eigenvalue weighted by molar-refractivity contribution is 5.93. The quantitative estimate of drug-likeness (QED) is 0.776. The van der Waals surface area contributed by atoms with Gasteiger partial charge in [-0.05, 0) is 36.8 Å². The number of nitrogens with zero attached hydrogens (tertiary/aromatic N) is 1. The predicted molar refractivity (Wildman–Crippen MR) is 78.2 cm³/mol. The van der Waals surface area contributed by atoms with Crippen molar-refractivity contribution < 1.29 is 14.7 Å². The molecule has 0 atom stereocenters. The van der Waals surface area contributed by atoms with E-state index in [4.69, 9.17) is 10.8 Å². The Labute approximate surface area is 121 Å². The van der Waals surface area contributed by atoms with Crippen LogP contribution in [0.3, 0.4) is 0 Å². The van der Waals surface area contributed by atoms with E-state index in [2.05, 4.69) is 10.3 Å². The monoisotopic (exact) mass is 285 g/mol. The second-order valence-electron chi connectivity index (χ2n) is 4.61. The number of aromatic carboxylic acids is 1. The van der Waals surface area contributed by atoms with Gasteiger partial charge in [-0.3, -0.25) is 4.79 Å². The maximum atomic E-state index is 11.2. The van der Waals surface area contributed by atoms with Gasteiger partial charge >= 0.3 is 5.97 Å². The van der Waals surface area contributed by atoms with Crippen LogP contribution in [-0.4, -0.2) is 22.0 Å². The Balaban J connectivity index is 2.14. The van der Waals surface area contributed by atoms with Gasteiger partial charge in [0.15, 0.2) is 0 Å². The highest BCUT2D eigenvalue weighted by Crippen LogP contribution is 2.12. The summed E-state index contributed by atoms with van der Waals surface area (Å²) in [5, 5.41) is 12.0. The number of nitrogens with one attached hydrogen (secondary N) is 1. The second kappa shape index (κ2) is 6.04. The standard InChI is InChI=1S/C15H15N3O3/c1-9-5-12(14(16)19)7-13(18-9)17-8-10-3-2-4-11(6-10)15(20)21/h2-7H,8H2,1H3,(H2,16,19)(H,17,18)(H,20,21). The van der Waals surface area contributed by atoms with Gasteiger partial charge in [0.05, 0.1) is 5.56 Å². The molecular weight excluding hydrogens is 270 g/mol. The summed E-state index contributed by atoms with van der Waals surface area (Å²) in [6, 6.07) is 9.78. The van der Waals surface area contributed by atoms with Crippen LogP contribution in [0, 0.1) is 6.92 Å². The molecule has 0 aliphatic heterocycles. The van der Waals surface area contributed by atoms with Gasteiger partial charge in [0.25, 0.3) is 0 Å². The number of rotatable bonds is 5. The molecule has 2 rings (SSSR count). The molecule has 108 valence electrons. The summed E-state index contributed by atoms with van der Waals surface area (Å²) in [4.78, 5) is 26.4. The van der Waals surface area contributed by atoms with Crippen LogP contribution in [0.2, 0.25) is 0 Å². The number of aromatic nitrogens is 1. The summed E-state index contributed by atoms with van der Waals surface area (Å²) < 4.78 is 0. The average Bonchev–Trinajstić information content (AvgIpc) is 2.45. The summed E-state index contributed by atoms with van der Waals surface area (Å²) in [5.41, 5.74) is 7.34. The number of hydrogen-bond donors (Lipinski definition) is 3. The Morgan fingerprint density at radius 2 is 2.00 bits per heavy atom. The fourth-order valence-corrected chi connectivity index (χ4v) is 1.91. The summed E-state index contributed by atoms with van der Waals surface area (Å²) in [5.74, 6) is -0.970. The van der Waals surface area contributed by atoms with Crippen LogP contribution in [0.15, 0.2) is 36.4 Å². The minimum Gasteiger partial charge on any atom is -0.478 e. The van der Waals surface area contributed by atoms with E-state index in [1.54, 1.807) is 31.2 Å². The topological polar surface area (TPSA) is 105 Å². The van der Waals surface area contributed by atoms with Gasteiger partial charge in [0.2, 0.25) is 5.91 Å². The lowest BCUT2D eigenvalue weighted by Crippen LogP contribution is -2.13. The molecule has 1 heterocycles. The molecule has 4 N–H and O–H groups in total. The third kappa shape index (κ3) is 3.79. The first kappa shape index (κ1) is 14.5. The zero-order valence-corrected chi connectivity index (χ0v) is 11.5. The number of hydrogen-bond acceptors (Lipinski definition) is 4. The highest BCUT2D eigenvalue weighted by Gasteiger charge is 2.06. The first-order valence-corrected chi connectivity index (χ1v) is 6.30. The molecule has 0 saturated heterocycles. The number of benzene rings is 1. The Morgan fingerprint density at radius 1 is 1.24 bits per heavy atom. The van der Waals surface area contributed by atoms with E-state index in [-0.39, 0.29) is 5.56 Å². The highest BCUT2D eigenvalue weighted by atomic mass is 16.4. The molecular formula is C15H15N3O3. The lowest BCUT2D eigenvalue weighted by molar-refractivity contribution is 0.0696. The number of amides is 1. The van der Waals surface area contributed by atoms with Crippen molar-refractivity contribution in [2.24, 2.45) is 5.73 Å². The van der Waals surface area contributed by atoms with E-state index in [1.165, 1.54) is 6.07 Å². The molecule has 2 aromatic rings. The third-order valence-electron chi connectivity index (χ3n) is 2.89. The fourth-order valence-electron chi connectivity index (χ4n) is 1.91. The van der Waals surface area contributed by atoms with Crippen LogP contribution < -0.4 is 11.1 Å². The Hall–Kier alpha value is -2.89. The predicted octanol–water partition coefficient (Wildman–Crippen LogP) is 1.80. The summed E-state index contributed by atoms with van der Waals surface area (Å²) >= 11 is 0. The zero-order chi connectivity index (χ0) is 15.4. The molecule has 1 aromatic heterocycles. The SMILES string of the molecule is Cc1cc(C(N)=O)cc(NCc2cccc(C(=O)O)c2)n1. The normalized spacial score (nSPS) is 10.1. The minimum atomic E-state index is -0.971. The van der Waals surface area contributed by atoms with Crippen molar-refractivity contribution in [1.82, 2.24) is 4.98 Å². The zero-order valence-electron chi connectivity index (χ0n) is 11.5. The Morgan fingerprint density at radius 3 is 2.67 bits per heavy atom. The number of aryl methyl sites for hydroxylation is 1. The number of carbonyl (C=O) groups excluding carboxylic acids is 1. The number of carboxylic acid groups (broad SMARTS) is 1. The van der Waals surface area contributed by atoms with E-state index in [1.807, 2.05) is 6.07 Å². The first-order chi connectivity index (χ1) is 9.95. The molecule has 0 bridgehead atoms. The lowest BCUT2D eigenvalue weighted by Gasteiger charge is -2.08. The van der Waals surface area contributed by atoms with Crippen molar-refractivity contribution in [1.29, 1.82) is 0 Å². The van der Waals surface area contributed by atoms with Gasteiger partial charge in [-0.1, -0.05) is 12.1 Å². The summed E-state index contributed by atoms with van der Waals surface area (Å²) in [6.45, 7) is 2.17. The molecule has 21 heavy (non-hydrogen) atoms. The van der Waals surface area contributed by atoms with E-state index < -0.39 is 11.9 Å². The molecule has 0 fully saturated rings. The molecule has 0 spiro atoms. The maximum absolute atomic E-state index is 11.2. The number of nitrogens with two attached hydrogens (primary N) is 1. The van der Waals surface area contributed by atoms with Crippen LogP contribution in [-0.2, 0) is 6.54 Å². The van der Waals surface area contributed by atoms with E-state index >= 15 is 0 Å². The molecule has 1 aromatic carbocycles. The van der Waals surface area contributed by atoms with Gasteiger partial charge in [0.1, 0.15) is 5.82 Å². The van der Waals surface area contributed by atoms with Crippen LogP contribution in [0.5, 0.6) is 0 Å². The molecule has 0 radical (unpaired) electrons. The van der Waals surface area contributed by atoms with Crippen LogP contribution in [0.25, 0.3) is 0 Å². The average molecular weight is 285 g/mol. The van der Waals surface area contributed by atoms with Crippen molar-refractivity contribution in [3.05, 3.63) is 58.8 Å². The van der Waals surface area contributed by atoms with Crippen molar-refractivity contribution in [3.8, 4) is 0 Å². The summed E-state index contributed by atoms with van der Waals surface area (Å²) in [6.07, 6.45) is 0. The minimum absolute atomic E-state index is 0.226. The Bertz CT molecular complexity index is 698. The number of pyridine rings is 1. The molecule has 0 unspecified atom stereocenters. The van der Waals surface area contributed by atoms with Gasteiger partial charge < -0.3 is 16.2 Å². The fraction of sp³-hybridized carbons (Fsp3) is 0.133. The maximum Gasteiger partial charge on any atom is 0.335 e. The van der Waals surface area contributed by atoms with Crippen LogP contribution in [0.1, 0.15) is 32.0 Å². The van der Waals surface area contributed by atoms with Gasteiger partial charge in [-0.25, -0.2) is 9.78 Å². The van der Waals surface area contributed by atoms with Crippen molar-refractivity contribution in [3.63, 3.8) is 0 Å². The third-order valence-corrected chi connectivity index (χ3v) is 2.89. The van der Waals surface area contributed by atoms with E-state index in [9.17, 15) is 9.59 Å². The van der Waals surface area contributed by atoms with Crippen molar-refractivity contribution >= 4 is 17.7 Å². The van der Waals surface area contributed by atoms with E-state index in [0.717, 1.165) is 5.56 Å². The first-order valence-electron chi connectivity index (χ1n) is 6.30. The number of carboxylic acids is 1. The smallest absolute Gasteiger partial charge is 0.335 e. The lowest BCUT2D eigenvalue weighted by atomic mass is 10.1. The van der Waals surface area contributed by atoms with Crippen LogP contribution >= 0.6 is 0 Å². The van der Waals surface area contributed by atoms with Crippen molar-refractivity contribution in [2.45, 2.75) is 13.5 Å². The van der Waals surface area contributed by atoms with Crippen molar-refractivity contribution in [2.75, 3.05) is 5.32 Å². The molecule has 0 aliphatic carbocycles. The Kier molecular flexibility index (Phi) is 4.18. The number of anilines is 1. The van der Waals surface area contributed by atoms with E-state index in [0.29, 0.717) is 23.6 Å². The molecule has 6 nitrogen and oxygen atoms in total. The molecule has 6 heteroatoms. The largest absolute Gasteiger partial charge is 0.478 e.